The molecule has 0 fully saturated rings. The van der Waals surface area contributed by atoms with Gasteiger partial charge in [-0.25, -0.2) is 0 Å². The molecular formula is C3HCl5O. The molecule has 0 aliphatic rings. The molecule has 0 unspecified atom stereocenters. The van der Waals surface area contributed by atoms with Crippen LogP contribution in [0.25, 0.3) is 0 Å². The molecular weight excluding hydrogens is 229 g/mol. The quantitative estimate of drug-likeness (QED) is 0.500. The van der Waals surface area contributed by atoms with Crippen LogP contribution in [0.5, 0.6) is 0 Å². The number of hydrogen-bond donors (Lipinski definition) is 0. The minimum Gasteiger partial charge on any atom is -0.300 e. The summed E-state index contributed by atoms with van der Waals surface area (Å²) in [5.74, 6) is 0. The van der Waals surface area contributed by atoms with Crippen molar-refractivity contribution in [2.24, 2.45) is 0 Å². The van der Waals surface area contributed by atoms with Gasteiger partial charge in [0.15, 0.2) is 6.29 Å². The van der Waals surface area contributed by atoms with Crippen molar-refractivity contribution >= 4 is 64.3 Å². The van der Waals surface area contributed by atoms with E-state index >= 15 is 0 Å². The van der Waals surface area contributed by atoms with Crippen molar-refractivity contribution in [2.45, 2.75) is 8.13 Å². The van der Waals surface area contributed by atoms with Gasteiger partial charge in [-0.15, -0.1) is 0 Å². The Hall–Kier alpha value is 1.12. The Kier molecular flexibility index (Phi) is 3.39. The Bertz CT molecular complexity index is 114. The summed E-state index contributed by atoms with van der Waals surface area (Å²) >= 11 is 25.9. The zero-order valence-electron chi connectivity index (χ0n) is 3.88. The van der Waals surface area contributed by atoms with E-state index in [9.17, 15) is 4.79 Å². The largest absolute Gasteiger partial charge is 0.300 e. The molecule has 1 nitrogen and oxygen atoms in total. The van der Waals surface area contributed by atoms with Gasteiger partial charge in [0.1, 0.15) is 0 Å². The van der Waals surface area contributed by atoms with Gasteiger partial charge in [-0.2, -0.15) is 0 Å². The highest BCUT2D eigenvalue weighted by atomic mass is 35.6. The van der Waals surface area contributed by atoms with E-state index in [2.05, 4.69) is 0 Å². The van der Waals surface area contributed by atoms with Gasteiger partial charge in [-0.05, 0) is 0 Å². The normalized spacial score (nSPS) is 13.4. The number of alkyl halides is 5. The van der Waals surface area contributed by atoms with Gasteiger partial charge in [-0.3, -0.25) is 4.79 Å². The summed E-state index contributed by atoms with van der Waals surface area (Å²) < 4.78 is -3.93. The van der Waals surface area contributed by atoms with Gasteiger partial charge in [0.25, 0.3) is 0 Å². The molecule has 0 spiro atoms. The van der Waals surface area contributed by atoms with E-state index in [-0.39, 0.29) is 6.29 Å². The van der Waals surface area contributed by atoms with Crippen LogP contribution < -0.4 is 0 Å². The third kappa shape index (κ3) is 2.69. The molecule has 0 atom stereocenters. The van der Waals surface area contributed by atoms with E-state index in [1.807, 2.05) is 0 Å². The van der Waals surface area contributed by atoms with Crippen LogP contribution in [0.2, 0.25) is 0 Å². The average Bonchev–Trinajstić information content (AvgIpc) is 1.64. The number of halogens is 5. The van der Waals surface area contributed by atoms with Crippen LogP contribution in [0.1, 0.15) is 0 Å². The first-order valence-corrected chi connectivity index (χ1v) is 3.61. The molecule has 0 aromatic heterocycles. The third-order valence-electron chi connectivity index (χ3n) is 0.526. The Morgan fingerprint density at radius 3 is 1.33 bits per heavy atom. The maximum absolute atomic E-state index is 9.96. The van der Waals surface area contributed by atoms with E-state index in [0.29, 0.717) is 0 Å². The molecule has 0 bridgehead atoms. The van der Waals surface area contributed by atoms with Crippen molar-refractivity contribution in [3.63, 3.8) is 0 Å². The predicted octanol–water partition coefficient (Wildman–Crippen LogP) is 2.73. The lowest BCUT2D eigenvalue weighted by Gasteiger charge is -2.20. The minimum atomic E-state index is -1.97. The molecule has 9 heavy (non-hydrogen) atoms. The van der Waals surface area contributed by atoms with Crippen molar-refractivity contribution in [3.05, 3.63) is 0 Å². The predicted molar refractivity (Wildman–Crippen MR) is 40.8 cm³/mol. The molecule has 0 heterocycles. The molecule has 54 valence electrons. The minimum absolute atomic E-state index is 0.156. The number of rotatable bonds is 1. The molecule has 0 aromatic rings. The number of aldehydes is 1. The molecule has 0 aliphatic heterocycles. The second-order valence-electron chi connectivity index (χ2n) is 1.24. The highest BCUT2D eigenvalue weighted by Crippen LogP contribution is 2.44. The summed E-state index contributed by atoms with van der Waals surface area (Å²) in [6.45, 7) is 0. The fourth-order valence-corrected chi connectivity index (χ4v) is 0.200. The topological polar surface area (TPSA) is 17.1 Å². The third-order valence-corrected chi connectivity index (χ3v) is 2.75. The van der Waals surface area contributed by atoms with E-state index in [4.69, 9.17) is 58.0 Å². The Morgan fingerprint density at radius 1 is 1.00 bits per heavy atom. The zero-order valence-corrected chi connectivity index (χ0v) is 7.66. The molecule has 0 rings (SSSR count). The molecule has 0 N–H and O–H groups in total. The Morgan fingerprint density at radius 2 is 1.33 bits per heavy atom. The monoisotopic (exact) mass is 228 g/mol. The van der Waals surface area contributed by atoms with Gasteiger partial charge in [0, 0.05) is 0 Å². The van der Waals surface area contributed by atoms with Gasteiger partial charge in [0.05, 0.1) is 0 Å². The van der Waals surface area contributed by atoms with E-state index in [1.165, 1.54) is 0 Å². The van der Waals surface area contributed by atoms with E-state index in [0.717, 1.165) is 0 Å². The van der Waals surface area contributed by atoms with E-state index in [1.54, 1.807) is 0 Å². The number of carbonyl (C=O) groups excluding carboxylic acids is 1. The van der Waals surface area contributed by atoms with Gasteiger partial charge < -0.3 is 0 Å². The van der Waals surface area contributed by atoms with Crippen molar-refractivity contribution in [2.75, 3.05) is 0 Å². The zero-order chi connectivity index (χ0) is 7.71. The summed E-state index contributed by atoms with van der Waals surface area (Å²) in [5.41, 5.74) is 0. The number of carbonyl (C=O) groups is 1. The van der Waals surface area contributed by atoms with Crippen LogP contribution in [0.4, 0.5) is 0 Å². The lowest BCUT2D eigenvalue weighted by molar-refractivity contribution is -0.108. The first kappa shape index (κ1) is 10.1. The molecule has 6 heteroatoms. The molecule has 0 saturated carbocycles. The second kappa shape index (κ2) is 3.02. The van der Waals surface area contributed by atoms with Crippen LogP contribution in [0, 0.1) is 0 Å². The smallest absolute Gasteiger partial charge is 0.229 e. The summed E-state index contributed by atoms with van der Waals surface area (Å²) in [7, 11) is 0. The SMILES string of the molecule is O=CC(Cl)(Cl)C(Cl)(Cl)Cl. The summed E-state index contributed by atoms with van der Waals surface area (Å²) in [6.07, 6.45) is 0.156. The lowest BCUT2D eigenvalue weighted by atomic mass is 10.5. The molecule has 0 aliphatic carbocycles. The summed E-state index contributed by atoms with van der Waals surface area (Å²) in [4.78, 5) is 9.96. The molecule has 0 amide bonds. The average molecular weight is 230 g/mol. The fourth-order valence-electron chi connectivity index (χ4n) is 0.0668. The van der Waals surface area contributed by atoms with Gasteiger partial charge >= 0.3 is 0 Å². The van der Waals surface area contributed by atoms with Crippen molar-refractivity contribution in [1.29, 1.82) is 0 Å². The van der Waals surface area contributed by atoms with Crippen LogP contribution in [0.3, 0.4) is 0 Å². The van der Waals surface area contributed by atoms with Crippen LogP contribution in [0.15, 0.2) is 0 Å². The maximum atomic E-state index is 9.96. The molecule has 0 radical (unpaired) electrons. The van der Waals surface area contributed by atoms with Crippen molar-refractivity contribution in [1.82, 2.24) is 0 Å². The lowest BCUT2D eigenvalue weighted by Crippen LogP contribution is -2.32. The van der Waals surface area contributed by atoms with Crippen molar-refractivity contribution < 1.29 is 4.79 Å². The highest BCUT2D eigenvalue weighted by molar-refractivity contribution is 6.78. The Labute approximate surface area is 77.1 Å². The maximum Gasteiger partial charge on any atom is 0.229 e. The highest BCUT2D eigenvalue weighted by Gasteiger charge is 2.45. The molecule has 0 saturated heterocycles. The first-order valence-electron chi connectivity index (χ1n) is 1.72. The van der Waals surface area contributed by atoms with Crippen molar-refractivity contribution in [3.8, 4) is 0 Å². The molecule has 0 aromatic carbocycles. The number of hydrogen-bond acceptors (Lipinski definition) is 1. The standard InChI is InChI=1S/C3HCl5O/c4-2(5,1-9)3(6,7)8/h1H. The summed E-state index contributed by atoms with van der Waals surface area (Å²) in [6, 6.07) is 0. The summed E-state index contributed by atoms with van der Waals surface area (Å²) in [5, 5.41) is 0. The fraction of sp³-hybridized carbons (Fsp3) is 0.667. The Balaban J connectivity index is 4.32. The first-order chi connectivity index (χ1) is 3.81. The van der Waals surface area contributed by atoms with Crippen LogP contribution in [-0.2, 0) is 4.79 Å². The van der Waals surface area contributed by atoms with E-state index < -0.39 is 8.13 Å². The van der Waals surface area contributed by atoms with Crippen LogP contribution in [-0.4, -0.2) is 14.4 Å². The van der Waals surface area contributed by atoms with Gasteiger partial charge in [0.2, 0.25) is 8.13 Å². The van der Waals surface area contributed by atoms with Gasteiger partial charge in [-0.1, -0.05) is 58.0 Å². The van der Waals surface area contributed by atoms with Crippen LogP contribution >= 0.6 is 58.0 Å². The second-order valence-corrected chi connectivity index (χ2v) is 4.91.